The maximum atomic E-state index is 13.8. The molecule has 1 fully saturated rings. The molecule has 35 heavy (non-hydrogen) atoms. The molecule has 3 atom stereocenters. The smallest absolute Gasteiger partial charge is 0.263 e. The lowest BCUT2D eigenvalue weighted by atomic mass is 10.1. The number of hydrogen-bond acceptors (Lipinski definition) is 9. The number of nitrogens with two attached hydrogens (primary N) is 2. The number of anilines is 3. The van der Waals surface area contributed by atoms with Gasteiger partial charge in [0.2, 0.25) is 5.95 Å². The maximum absolute atomic E-state index is 13.8. The Morgan fingerprint density at radius 2 is 2.03 bits per heavy atom. The van der Waals surface area contributed by atoms with Crippen LogP contribution in [0.15, 0.2) is 66.0 Å². The number of amides is 1. The standard InChI is InChI=1S/C23H24ClN9O2/c1-13(33(14-6-3-2-4-7-14)22(35)18-15(24)9-11-32(18)26)16-8-5-10-31(16)20-17-19(29-23(25)30-20)27-12-28-21(17)34/h2-4,6-7,9,11-12,15-16,18H,1,5,8,10,26H2,(H3,25,27,28,29,30,34)/t15?,16-,18?/m0/s1. The Morgan fingerprint density at radius 3 is 2.74 bits per heavy atom. The SMILES string of the molecule is C=C([C@@H]1CCCN1c1nc(N)nc2nc[nH]c(=O)c12)N(C(=O)C1C(Cl)C=CN1N)c1ccccc1. The van der Waals surface area contributed by atoms with E-state index in [0.717, 1.165) is 6.42 Å². The summed E-state index contributed by atoms with van der Waals surface area (Å²) in [6.45, 7) is 4.90. The van der Waals surface area contributed by atoms with E-state index in [0.29, 0.717) is 30.2 Å². The van der Waals surface area contributed by atoms with Gasteiger partial charge in [-0.1, -0.05) is 24.8 Å². The van der Waals surface area contributed by atoms with E-state index in [1.165, 1.54) is 11.3 Å². The fourth-order valence-corrected chi connectivity index (χ4v) is 4.95. The van der Waals surface area contributed by atoms with E-state index in [1.807, 2.05) is 35.2 Å². The van der Waals surface area contributed by atoms with Gasteiger partial charge in [-0.25, -0.2) is 10.8 Å². The first-order chi connectivity index (χ1) is 16.9. The van der Waals surface area contributed by atoms with Gasteiger partial charge < -0.3 is 20.6 Å². The zero-order chi connectivity index (χ0) is 24.7. The number of nitrogen functional groups attached to an aromatic ring is 1. The van der Waals surface area contributed by atoms with Crippen molar-refractivity contribution in [3.63, 3.8) is 0 Å². The van der Waals surface area contributed by atoms with Gasteiger partial charge in [-0.2, -0.15) is 9.97 Å². The van der Waals surface area contributed by atoms with Crippen molar-refractivity contribution in [3.05, 3.63) is 71.6 Å². The highest BCUT2D eigenvalue weighted by Gasteiger charge is 2.41. The van der Waals surface area contributed by atoms with Gasteiger partial charge in [-0.3, -0.25) is 14.5 Å². The number of hydrazine groups is 1. The normalized spacial score (nSPS) is 21.6. The van der Waals surface area contributed by atoms with Crippen LogP contribution in [0.1, 0.15) is 12.8 Å². The second-order valence-corrected chi connectivity index (χ2v) is 8.87. The minimum atomic E-state index is -0.800. The van der Waals surface area contributed by atoms with Crippen molar-refractivity contribution in [2.45, 2.75) is 30.3 Å². The number of fused-ring (bicyclic) bond motifs is 1. The minimum absolute atomic E-state index is 0.00126. The first-order valence-electron chi connectivity index (χ1n) is 11.1. The van der Waals surface area contributed by atoms with Crippen molar-refractivity contribution < 1.29 is 4.79 Å². The monoisotopic (exact) mass is 493 g/mol. The highest BCUT2D eigenvalue weighted by atomic mass is 35.5. The quantitative estimate of drug-likeness (QED) is 0.354. The molecule has 4 heterocycles. The second-order valence-electron chi connectivity index (χ2n) is 8.37. The van der Waals surface area contributed by atoms with Crippen LogP contribution in [0.5, 0.6) is 0 Å². The zero-order valence-corrected chi connectivity index (χ0v) is 19.5. The van der Waals surface area contributed by atoms with Crippen molar-refractivity contribution in [2.75, 3.05) is 22.1 Å². The molecule has 2 aromatic heterocycles. The van der Waals surface area contributed by atoms with Crippen LogP contribution in [-0.4, -0.2) is 54.9 Å². The number of hydrogen-bond donors (Lipinski definition) is 3. The Kier molecular flexibility index (Phi) is 5.87. The number of carbonyl (C=O) groups excluding carboxylic acids is 1. The van der Waals surface area contributed by atoms with Crippen LogP contribution in [0.3, 0.4) is 0 Å². The van der Waals surface area contributed by atoms with Crippen molar-refractivity contribution in [2.24, 2.45) is 5.84 Å². The van der Waals surface area contributed by atoms with E-state index >= 15 is 0 Å². The Bertz CT molecular complexity index is 1360. The summed E-state index contributed by atoms with van der Waals surface area (Å²) in [7, 11) is 0. The summed E-state index contributed by atoms with van der Waals surface area (Å²) in [5, 5.41) is 0.939. The third-order valence-electron chi connectivity index (χ3n) is 6.25. The third kappa shape index (κ3) is 3.98. The molecule has 5 N–H and O–H groups in total. The average Bonchev–Trinajstić information content (AvgIpc) is 3.45. The molecule has 1 saturated heterocycles. The minimum Gasteiger partial charge on any atom is -0.368 e. The lowest BCUT2D eigenvalue weighted by molar-refractivity contribution is -0.122. The summed E-state index contributed by atoms with van der Waals surface area (Å²) in [5.74, 6) is 6.09. The molecule has 1 aromatic carbocycles. The molecule has 2 unspecified atom stereocenters. The van der Waals surface area contributed by atoms with Gasteiger partial charge >= 0.3 is 0 Å². The van der Waals surface area contributed by atoms with E-state index in [4.69, 9.17) is 23.2 Å². The first kappa shape index (κ1) is 22.8. The molecule has 3 aromatic rings. The predicted molar refractivity (Wildman–Crippen MR) is 134 cm³/mol. The number of aromatic nitrogens is 4. The van der Waals surface area contributed by atoms with Crippen molar-refractivity contribution in [3.8, 4) is 0 Å². The number of rotatable bonds is 5. The number of carbonyl (C=O) groups is 1. The molecular weight excluding hydrogens is 470 g/mol. The fraction of sp³-hybridized carbons (Fsp3) is 0.261. The van der Waals surface area contributed by atoms with Crippen molar-refractivity contribution in [1.29, 1.82) is 0 Å². The molecule has 0 spiro atoms. The highest BCUT2D eigenvalue weighted by molar-refractivity contribution is 6.25. The average molecular weight is 494 g/mol. The number of benzene rings is 1. The van der Waals surface area contributed by atoms with Gasteiger partial charge in [0.25, 0.3) is 11.5 Å². The Balaban J connectivity index is 1.57. The number of nitrogens with one attached hydrogen (secondary N) is 1. The molecule has 2 aliphatic heterocycles. The van der Waals surface area contributed by atoms with Gasteiger partial charge in [-0.05, 0) is 31.1 Å². The van der Waals surface area contributed by atoms with Crippen LogP contribution in [-0.2, 0) is 4.79 Å². The summed E-state index contributed by atoms with van der Waals surface area (Å²) >= 11 is 6.42. The van der Waals surface area contributed by atoms with Gasteiger partial charge in [-0.15, -0.1) is 11.6 Å². The first-order valence-corrected chi connectivity index (χ1v) is 11.5. The fourth-order valence-electron chi connectivity index (χ4n) is 4.65. The Labute approximate surface area is 205 Å². The lowest BCUT2D eigenvalue weighted by Gasteiger charge is -2.36. The third-order valence-corrected chi connectivity index (χ3v) is 6.63. The summed E-state index contributed by atoms with van der Waals surface area (Å²) in [4.78, 5) is 45.2. The molecule has 5 rings (SSSR count). The number of nitrogens with zero attached hydrogens (tertiary/aromatic N) is 6. The molecular formula is C23H24ClN9O2. The zero-order valence-electron chi connectivity index (χ0n) is 18.7. The maximum Gasteiger partial charge on any atom is 0.263 e. The van der Waals surface area contributed by atoms with E-state index < -0.39 is 11.4 Å². The lowest BCUT2D eigenvalue weighted by Crippen LogP contribution is -2.52. The molecule has 0 radical (unpaired) electrons. The Hall–Kier alpha value is -3.96. The molecule has 0 bridgehead atoms. The number of alkyl halides is 1. The van der Waals surface area contributed by atoms with E-state index in [-0.39, 0.29) is 34.5 Å². The van der Waals surface area contributed by atoms with E-state index in [2.05, 4.69) is 26.5 Å². The largest absolute Gasteiger partial charge is 0.368 e. The molecule has 0 saturated carbocycles. The second kappa shape index (κ2) is 9.01. The van der Waals surface area contributed by atoms with Gasteiger partial charge in [0.1, 0.15) is 17.2 Å². The van der Waals surface area contributed by atoms with Crippen LogP contribution in [0, 0.1) is 0 Å². The summed E-state index contributed by atoms with van der Waals surface area (Å²) in [6.07, 6.45) is 6.00. The van der Waals surface area contributed by atoms with E-state index in [9.17, 15) is 9.59 Å². The van der Waals surface area contributed by atoms with Crippen LogP contribution < -0.4 is 26.9 Å². The van der Waals surface area contributed by atoms with E-state index in [1.54, 1.807) is 17.2 Å². The topological polar surface area (TPSA) is 150 Å². The number of para-hydroxylation sites is 1. The molecule has 12 heteroatoms. The molecule has 1 amide bonds. The predicted octanol–water partition coefficient (Wildman–Crippen LogP) is 1.49. The summed E-state index contributed by atoms with van der Waals surface area (Å²) in [5.41, 5.74) is 6.91. The van der Waals surface area contributed by atoms with Gasteiger partial charge in [0.05, 0.1) is 17.7 Å². The molecule has 2 aliphatic rings. The molecule has 180 valence electrons. The molecule has 11 nitrogen and oxygen atoms in total. The Morgan fingerprint density at radius 1 is 1.26 bits per heavy atom. The van der Waals surface area contributed by atoms with Crippen molar-refractivity contribution in [1.82, 2.24) is 24.9 Å². The van der Waals surface area contributed by atoms with Crippen LogP contribution in [0.2, 0.25) is 0 Å². The number of aromatic amines is 1. The summed E-state index contributed by atoms with van der Waals surface area (Å²) < 4.78 is 0. The number of H-pyrrole nitrogens is 1. The van der Waals surface area contributed by atoms with Crippen LogP contribution in [0.25, 0.3) is 11.0 Å². The highest BCUT2D eigenvalue weighted by Crippen LogP contribution is 2.35. The molecule has 0 aliphatic carbocycles. The van der Waals surface area contributed by atoms with Gasteiger partial charge in [0, 0.05) is 24.1 Å². The van der Waals surface area contributed by atoms with Crippen LogP contribution in [0.4, 0.5) is 17.5 Å². The number of halogens is 1. The van der Waals surface area contributed by atoms with Crippen molar-refractivity contribution >= 4 is 46.0 Å². The van der Waals surface area contributed by atoms with Crippen LogP contribution >= 0.6 is 11.6 Å². The summed E-state index contributed by atoms with van der Waals surface area (Å²) in [6, 6.07) is 8.03. The van der Waals surface area contributed by atoms with Gasteiger partial charge in [0.15, 0.2) is 5.65 Å².